The van der Waals surface area contributed by atoms with Gasteiger partial charge in [-0.2, -0.15) is 0 Å². The van der Waals surface area contributed by atoms with Crippen molar-refractivity contribution in [1.29, 1.82) is 0 Å². The van der Waals surface area contributed by atoms with Gasteiger partial charge >= 0.3 is 0 Å². The van der Waals surface area contributed by atoms with Crippen LogP contribution in [-0.2, 0) is 0 Å². The van der Waals surface area contributed by atoms with E-state index >= 15 is 0 Å². The average molecular weight is 314 g/mol. The van der Waals surface area contributed by atoms with Crippen LogP contribution >= 0.6 is 11.6 Å². The van der Waals surface area contributed by atoms with Crippen LogP contribution in [0.1, 0.15) is 40.9 Å². The molecule has 0 saturated carbocycles. The van der Waals surface area contributed by atoms with Crippen LogP contribution in [-0.4, -0.2) is 5.91 Å². The third-order valence-electron chi connectivity index (χ3n) is 3.35. The lowest BCUT2D eigenvalue weighted by atomic mass is 10.1. The van der Waals surface area contributed by atoms with Crippen LogP contribution in [0.25, 0.3) is 6.08 Å². The number of benzene rings is 2. The van der Waals surface area contributed by atoms with Crippen molar-refractivity contribution in [2.45, 2.75) is 27.7 Å². The van der Waals surface area contributed by atoms with Gasteiger partial charge in [0.2, 0.25) is 0 Å². The third kappa shape index (κ3) is 3.99. The summed E-state index contributed by atoms with van der Waals surface area (Å²) in [6.45, 7) is 8.10. The van der Waals surface area contributed by atoms with Crippen LogP contribution in [0.5, 0.6) is 0 Å². The summed E-state index contributed by atoms with van der Waals surface area (Å²) in [6.07, 6.45) is 2.10. The number of anilines is 1. The van der Waals surface area contributed by atoms with Gasteiger partial charge in [-0.15, -0.1) is 0 Å². The Morgan fingerprint density at radius 3 is 2.50 bits per heavy atom. The van der Waals surface area contributed by atoms with E-state index in [0.717, 1.165) is 16.8 Å². The Balaban J connectivity index is 2.29. The van der Waals surface area contributed by atoms with Crippen LogP contribution in [0.4, 0.5) is 5.69 Å². The zero-order valence-corrected chi connectivity index (χ0v) is 14.1. The minimum Gasteiger partial charge on any atom is -0.322 e. The standard InChI is InChI=1S/C19H20ClNO/c1-12(2)9-15-11-16(7-6-14(15)4)21-19(22)17-10-13(3)5-8-18(17)20/h5-11H,1-4H3,(H,21,22). The Labute approximate surface area is 136 Å². The lowest BCUT2D eigenvalue weighted by molar-refractivity contribution is 0.102. The first-order valence-electron chi connectivity index (χ1n) is 7.20. The van der Waals surface area contributed by atoms with Gasteiger partial charge in [0.25, 0.3) is 5.91 Å². The number of carbonyl (C=O) groups excluding carboxylic acids is 1. The van der Waals surface area contributed by atoms with Crippen molar-refractivity contribution >= 4 is 29.3 Å². The van der Waals surface area contributed by atoms with Gasteiger partial charge in [-0.05, 0) is 63.1 Å². The Morgan fingerprint density at radius 1 is 1.09 bits per heavy atom. The van der Waals surface area contributed by atoms with Crippen molar-refractivity contribution in [1.82, 2.24) is 0 Å². The van der Waals surface area contributed by atoms with Crippen LogP contribution in [0.15, 0.2) is 42.0 Å². The van der Waals surface area contributed by atoms with Gasteiger partial charge in [-0.3, -0.25) is 4.79 Å². The Morgan fingerprint density at radius 2 is 1.82 bits per heavy atom. The molecule has 2 rings (SSSR count). The molecule has 0 heterocycles. The maximum atomic E-state index is 12.4. The second-order valence-electron chi connectivity index (χ2n) is 5.73. The van der Waals surface area contributed by atoms with Crippen LogP contribution in [0, 0.1) is 13.8 Å². The summed E-state index contributed by atoms with van der Waals surface area (Å²) < 4.78 is 0. The number of halogens is 1. The molecule has 0 aromatic heterocycles. The molecule has 0 atom stereocenters. The molecule has 2 aromatic carbocycles. The first-order valence-corrected chi connectivity index (χ1v) is 7.57. The summed E-state index contributed by atoms with van der Waals surface area (Å²) in [5.74, 6) is -0.194. The predicted molar refractivity (Wildman–Crippen MR) is 94.6 cm³/mol. The maximum Gasteiger partial charge on any atom is 0.257 e. The monoisotopic (exact) mass is 313 g/mol. The molecule has 0 bridgehead atoms. The summed E-state index contributed by atoms with van der Waals surface area (Å²) in [7, 11) is 0. The smallest absolute Gasteiger partial charge is 0.257 e. The third-order valence-corrected chi connectivity index (χ3v) is 3.68. The first-order chi connectivity index (χ1) is 10.4. The highest BCUT2D eigenvalue weighted by Crippen LogP contribution is 2.21. The molecule has 0 fully saturated rings. The highest BCUT2D eigenvalue weighted by atomic mass is 35.5. The van der Waals surface area contributed by atoms with E-state index < -0.39 is 0 Å². The van der Waals surface area contributed by atoms with E-state index in [1.165, 1.54) is 11.1 Å². The molecule has 0 aliphatic carbocycles. The number of nitrogens with one attached hydrogen (secondary N) is 1. The van der Waals surface area contributed by atoms with Gasteiger partial charge < -0.3 is 5.32 Å². The van der Waals surface area contributed by atoms with E-state index in [0.29, 0.717) is 10.6 Å². The van der Waals surface area contributed by atoms with Crippen molar-refractivity contribution < 1.29 is 4.79 Å². The zero-order chi connectivity index (χ0) is 16.3. The van der Waals surface area contributed by atoms with Crippen molar-refractivity contribution in [2.75, 3.05) is 5.32 Å². The molecule has 0 unspecified atom stereocenters. The number of carbonyl (C=O) groups is 1. The molecule has 1 amide bonds. The zero-order valence-electron chi connectivity index (χ0n) is 13.3. The summed E-state index contributed by atoms with van der Waals surface area (Å²) in [5.41, 5.74) is 5.75. The summed E-state index contributed by atoms with van der Waals surface area (Å²) in [5, 5.41) is 3.37. The van der Waals surface area contributed by atoms with Crippen molar-refractivity contribution in [3.63, 3.8) is 0 Å². The molecule has 0 radical (unpaired) electrons. The largest absolute Gasteiger partial charge is 0.322 e. The lowest BCUT2D eigenvalue weighted by Gasteiger charge is -2.10. The van der Waals surface area contributed by atoms with Gasteiger partial charge in [-0.25, -0.2) is 0 Å². The quantitative estimate of drug-likeness (QED) is 0.781. The number of rotatable bonds is 3. The van der Waals surface area contributed by atoms with Gasteiger partial charge in [0.15, 0.2) is 0 Å². The number of amides is 1. The maximum absolute atomic E-state index is 12.4. The summed E-state index contributed by atoms with van der Waals surface area (Å²) in [4.78, 5) is 12.4. The second-order valence-corrected chi connectivity index (χ2v) is 6.14. The van der Waals surface area contributed by atoms with Gasteiger partial charge in [-0.1, -0.05) is 40.9 Å². The van der Waals surface area contributed by atoms with Gasteiger partial charge in [0.05, 0.1) is 10.6 Å². The molecule has 22 heavy (non-hydrogen) atoms. The molecule has 1 N–H and O–H groups in total. The van der Waals surface area contributed by atoms with Gasteiger partial charge in [0.1, 0.15) is 0 Å². The van der Waals surface area contributed by atoms with E-state index in [1.807, 2.05) is 31.2 Å². The SMILES string of the molecule is CC(C)=Cc1cc(NC(=O)c2cc(C)ccc2Cl)ccc1C. The Bertz CT molecular complexity index is 743. The highest BCUT2D eigenvalue weighted by Gasteiger charge is 2.11. The highest BCUT2D eigenvalue weighted by molar-refractivity contribution is 6.34. The lowest BCUT2D eigenvalue weighted by Crippen LogP contribution is -2.12. The number of hydrogen-bond donors (Lipinski definition) is 1. The molecule has 0 aliphatic heterocycles. The number of hydrogen-bond acceptors (Lipinski definition) is 1. The Hall–Kier alpha value is -2.06. The normalized spacial score (nSPS) is 10.2. The first kappa shape index (κ1) is 16.3. The minimum absolute atomic E-state index is 0.194. The topological polar surface area (TPSA) is 29.1 Å². The molecule has 114 valence electrons. The molecular formula is C19H20ClNO. The van der Waals surface area contributed by atoms with Crippen LogP contribution < -0.4 is 5.32 Å². The Kier molecular flexibility index (Phi) is 5.04. The molecule has 0 spiro atoms. The molecule has 2 nitrogen and oxygen atoms in total. The predicted octanol–water partition coefficient (Wildman–Crippen LogP) is 5.63. The van der Waals surface area contributed by atoms with Crippen LogP contribution in [0.3, 0.4) is 0 Å². The fourth-order valence-corrected chi connectivity index (χ4v) is 2.40. The minimum atomic E-state index is -0.194. The number of allylic oxidation sites excluding steroid dienone is 1. The summed E-state index contributed by atoms with van der Waals surface area (Å²) in [6, 6.07) is 11.3. The van der Waals surface area contributed by atoms with Crippen molar-refractivity contribution in [2.24, 2.45) is 0 Å². The summed E-state index contributed by atoms with van der Waals surface area (Å²) >= 11 is 6.11. The second kappa shape index (κ2) is 6.80. The van der Waals surface area contributed by atoms with E-state index in [1.54, 1.807) is 12.1 Å². The average Bonchev–Trinajstić information content (AvgIpc) is 2.44. The van der Waals surface area contributed by atoms with Crippen molar-refractivity contribution in [3.8, 4) is 0 Å². The number of aryl methyl sites for hydroxylation is 2. The fourth-order valence-electron chi connectivity index (χ4n) is 2.20. The van der Waals surface area contributed by atoms with Gasteiger partial charge in [0, 0.05) is 5.69 Å². The van der Waals surface area contributed by atoms with E-state index in [9.17, 15) is 4.79 Å². The molecule has 0 aliphatic rings. The van der Waals surface area contributed by atoms with Crippen molar-refractivity contribution in [3.05, 3.63) is 69.2 Å². The fraction of sp³-hybridized carbons (Fsp3) is 0.211. The molecular weight excluding hydrogens is 294 g/mol. The molecule has 3 heteroatoms. The van der Waals surface area contributed by atoms with Crippen LogP contribution in [0.2, 0.25) is 5.02 Å². The molecule has 2 aromatic rings. The van der Waals surface area contributed by atoms with E-state index in [2.05, 4.69) is 32.2 Å². The van der Waals surface area contributed by atoms with E-state index in [-0.39, 0.29) is 5.91 Å². The van der Waals surface area contributed by atoms with E-state index in [4.69, 9.17) is 11.6 Å². The molecule has 0 saturated heterocycles.